The SMILES string of the molecule is CC1CCN(C(=O)c2cccc3nccnc23)CC1Br. The Morgan fingerprint density at radius 3 is 2.95 bits per heavy atom. The number of alkyl halides is 1. The van der Waals surface area contributed by atoms with Crippen LogP contribution in [0.25, 0.3) is 11.0 Å². The molecule has 0 spiro atoms. The number of likely N-dealkylation sites (tertiary alicyclic amines) is 1. The highest BCUT2D eigenvalue weighted by molar-refractivity contribution is 9.09. The van der Waals surface area contributed by atoms with Gasteiger partial charge in [-0.15, -0.1) is 0 Å². The lowest BCUT2D eigenvalue weighted by Gasteiger charge is -2.34. The Balaban J connectivity index is 1.93. The second kappa shape index (κ2) is 5.48. The molecule has 0 aliphatic carbocycles. The summed E-state index contributed by atoms with van der Waals surface area (Å²) in [6.45, 7) is 3.76. The molecule has 1 amide bonds. The van der Waals surface area contributed by atoms with Crippen molar-refractivity contribution in [3.05, 3.63) is 36.2 Å². The second-order valence-corrected chi connectivity index (χ2v) is 6.44. The lowest BCUT2D eigenvalue weighted by Crippen LogP contribution is -2.43. The van der Waals surface area contributed by atoms with E-state index in [2.05, 4.69) is 32.8 Å². The molecule has 1 aliphatic heterocycles. The van der Waals surface area contributed by atoms with Gasteiger partial charge in [0.25, 0.3) is 5.91 Å². The number of carbonyl (C=O) groups excluding carboxylic acids is 1. The second-order valence-electron chi connectivity index (χ2n) is 5.26. The number of fused-ring (bicyclic) bond motifs is 1. The van der Waals surface area contributed by atoms with Gasteiger partial charge in [0.15, 0.2) is 0 Å². The predicted molar refractivity (Wildman–Crippen MR) is 81.9 cm³/mol. The highest BCUT2D eigenvalue weighted by atomic mass is 79.9. The Hall–Kier alpha value is -1.49. The number of piperidine rings is 1. The summed E-state index contributed by atoms with van der Waals surface area (Å²) >= 11 is 3.66. The summed E-state index contributed by atoms with van der Waals surface area (Å²) in [5, 5.41) is 0. The summed E-state index contributed by atoms with van der Waals surface area (Å²) in [7, 11) is 0. The van der Waals surface area contributed by atoms with E-state index < -0.39 is 0 Å². The van der Waals surface area contributed by atoms with Crippen molar-refractivity contribution in [2.75, 3.05) is 13.1 Å². The first-order valence-electron chi connectivity index (χ1n) is 6.80. The Labute approximate surface area is 126 Å². The molecule has 2 aromatic rings. The van der Waals surface area contributed by atoms with Crippen LogP contribution in [0.2, 0.25) is 0 Å². The van der Waals surface area contributed by atoms with Crippen molar-refractivity contribution in [1.82, 2.24) is 14.9 Å². The molecular weight excluding hydrogens is 318 g/mol. The fourth-order valence-corrected chi connectivity index (χ4v) is 3.16. The van der Waals surface area contributed by atoms with Gasteiger partial charge in [0.05, 0.1) is 11.1 Å². The Kier molecular flexibility index (Phi) is 3.70. The van der Waals surface area contributed by atoms with Crippen LogP contribution < -0.4 is 0 Å². The van der Waals surface area contributed by atoms with Crippen LogP contribution in [0.4, 0.5) is 0 Å². The minimum Gasteiger partial charge on any atom is -0.337 e. The van der Waals surface area contributed by atoms with E-state index in [4.69, 9.17) is 0 Å². The van der Waals surface area contributed by atoms with Gasteiger partial charge in [0, 0.05) is 30.3 Å². The van der Waals surface area contributed by atoms with Crippen LogP contribution >= 0.6 is 15.9 Å². The summed E-state index contributed by atoms with van der Waals surface area (Å²) in [4.78, 5) is 23.5. The fraction of sp³-hybridized carbons (Fsp3) is 0.400. The predicted octanol–water partition coefficient (Wildman–Crippen LogP) is 2.88. The summed E-state index contributed by atoms with van der Waals surface area (Å²) in [6.07, 6.45) is 4.30. The van der Waals surface area contributed by atoms with Crippen molar-refractivity contribution in [2.24, 2.45) is 5.92 Å². The van der Waals surface area contributed by atoms with Crippen LogP contribution in [0.1, 0.15) is 23.7 Å². The minimum atomic E-state index is 0.0486. The third-order valence-corrected chi connectivity index (χ3v) is 5.07. The quantitative estimate of drug-likeness (QED) is 0.754. The van der Waals surface area contributed by atoms with E-state index in [0.717, 1.165) is 25.0 Å². The molecule has 2 unspecified atom stereocenters. The van der Waals surface area contributed by atoms with Gasteiger partial charge in [0.1, 0.15) is 5.52 Å². The van der Waals surface area contributed by atoms with E-state index in [9.17, 15) is 4.79 Å². The molecule has 20 heavy (non-hydrogen) atoms. The highest BCUT2D eigenvalue weighted by Crippen LogP contribution is 2.25. The van der Waals surface area contributed by atoms with Crippen molar-refractivity contribution >= 4 is 32.9 Å². The van der Waals surface area contributed by atoms with Crippen LogP contribution in [-0.2, 0) is 0 Å². The van der Waals surface area contributed by atoms with Crippen LogP contribution in [0, 0.1) is 5.92 Å². The standard InChI is InChI=1S/C15H16BrN3O/c1-10-5-8-19(9-12(10)16)15(20)11-3-2-4-13-14(11)18-7-6-17-13/h2-4,6-7,10,12H,5,8-9H2,1H3. The molecule has 1 aliphatic rings. The van der Waals surface area contributed by atoms with Crippen molar-refractivity contribution in [2.45, 2.75) is 18.2 Å². The minimum absolute atomic E-state index is 0.0486. The molecular formula is C15H16BrN3O. The van der Waals surface area contributed by atoms with Crippen LogP contribution in [-0.4, -0.2) is 38.7 Å². The van der Waals surface area contributed by atoms with Gasteiger partial charge in [-0.1, -0.05) is 28.9 Å². The normalized spacial score (nSPS) is 23.0. The molecule has 104 valence electrons. The Bertz CT molecular complexity index is 641. The maximum absolute atomic E-state index is 12.7. The van der Waals surface area contributed by atoms with Crippen molar-refractivity contribution in [1.29, 1.82) is 0 Å². The van der Waals surface area contributed by atoms with Crippen molar-refractivity contribution in [3.63, 3.8) is 0 Å². The van der Waals surface area contributed by atoms with Crippen LogP contribution in [0.15, 0.2) is 30.6 Å². The summed E-state index contributed by atoms with van der Waals surface area (Å²) in [5.41, 5.74) is 2.09. The number of amides is 1. The first-order valence-corrected chi connectivity index (χ1v) is 7.71. The van der Waals surface area contributed by atoms with E-state index in [-0.39, 0.29) is 5.91 Å². The zero-order valence-electron chi connectivity index (χ0n) is 11.3. The number of rotatable bonds is 1. The number of para-hydroxylation sites is 1. The summed E-state index contributed by atoms with van der Waals surface area (Å²) < 4.78 is 0. The molecule has 2 atom stereocenters. The molecule has 0 bridgehead atoms. The summed E-state index contributed by atoms with van der Waals surface area (Å²) in [6, 6.07) is 5.58. The van der Waals surface area contributed by atoms with Gasteiger partial charge >= 0.3 is 0 Å². The van der Waals surface area contributed by atoms with E-state index in [1.54, 1.807) is 12.4 Å². The van der Waals surface area contributed by atoms with Crippen LogP contribution in [0.5, 0.6) is 0 Å². The van der Waals surface area contributed by atoms with E-state index in [1.807, 2.05) is 23.1 Å². The smallest absolute Gasteiger partial charge is 0.256 e. The molecule has 4 nitrogen and oxygen atoms in total. The average molecular weight is 334 g/mol. The molecule has 1 fully saturated rings. The van der Waals surface area contributed by atoms with Gasteiger partial charge in [-0.3, -0.25) is 14.8 Å². The fourth-order valence-electron chi connectivity index (χ4n) is 2.54. The first-order chi connectivity index (χ1) is 9.66. The third-order valence-electron chi connectivity index (χ3n) is 3.88. The lowest BCUT2D eigenvalue weighted by molar-refractivity contribution is 0.0707. The van der Waals surface area contributed by atoms with Crippen molar-refractivity contribution < 1.29 is 4.79 Å². The molecule has 1 aromatic carbocycles. The molecule has 3 rings (SSSR count). The maximum Gasteiger partial charge on any atom is 0.256 e. The molecule has 5 heteroatoms. The lowest BCUT2D eigenvalue weighted by atomic mass is 9.98. The molecule has 2 heterocycles. The number of aromatic nitrogens is 2. The number of benzene rings is 1. The molecule has 1 saturated heterocycles. The van der Waals surface area contributed by atoms with Gasteiger partial charge in [-0.05, 0) is 24.5 Å². The Morgan fingerprint density at radius 2 is 2.15 bits per heavy atom. The van der Waals surface area contributed by atoms with E-state index in [0.29, 0.717) is 21.8 Å². The first kappa shape index (κ1) is 13.5. The van der Waals surface area contributed by atoms with Crippen LogP contribution in [0.3, 0.4) is 0 Å². The van der Waals surface area contributed by atoms with E-state index >= 15 is 0 Å². The monoisotopic (exact) mass is 333 g/mol. The van der Waals surface area contributed by atoms with Gasteiger partial charge in [-0.25, -0.2) is 0 Å². The topological polar surface area (TPSA) is 46.1 Å². The van der Waals surface area contributed by atoms with E-state index in [1.165, 1.54) is 0 Å². The van der Waals surface area contributed by atoms with Gasteiger partial charge in [0.2, 0.25) is 0 Å². The number of halogens is 1. The zero-order chi connectivity index (χ0) is 14.1. The van der Waals surface area contributed by atoms with Crippen molar-refractivity contribution in [3.8, 4) is 0 Å². The molecule has 0 saturated carbocycles. The zero-order valence-corrected chi connectivity index (χ0v) is 12.9. The largest absolute Gasteiger partial charge is 0.337 e. The molecule has 1 aromatic heterocycles. The third kappa shape index (κ3) is 2.42. The number of hydrogen-bond acceptors (Lipinski definition) is 3. The number of carbonyl (C=O) groups is 1. The number of hydrogen-bond donors (Lipinski definition) is 0. The summed E-state index contributed by atoms with van der Waals surface area (Å²) in [5.74, 6) is 0.652. The van der Waals surface area contributed by atoms with Gasteiger partial charge in [-0.2, -0.15) is 0 Å². The number of nitrogens with zero attached hydrogens (tertiary/aromatic N) is 3. The van der Waals surface area contributed by atoms with Gasteiger partial charge < -0.3 is 4.90 Å². The average Bonchev–Trinajstić information content (AvgIpc) is 2.49. The molecule has 0 N–H and O–H groups in total. The highest BCUT2D eigenvalue weighted by Gasteiger charge is 2.28. The maximum atomic E-state index is 12.7. The molecule has 0 radical (unpaired) electrons. The Morgan fingerprint density at radius 1 is 1.35 bits per heavy atom.